The average Bonchev–Trinajstić information content (AvgIpc) is 2.73. The first-order valence-electron chi connectivity index (χ1n) is 6.13. The van der Waals surface area contributed by atoms with Crippen LogP contribution in [-0.2, 0) is 9.59 Å². The number of methoxy groups -OCH3 is 2. The molecule has 1 fully saturated rings. The molecular formula is C14H12NO5S2-. The molecule has 1 aliphatic heterocycles. The second-order valence-corrected chi connectivity index (χ2v) is 5.90. The van der Waals surface area contributed by atoms with Gasteiger partial charge < -0.3 is 24.3 Å². The molecule has 0 spiro atoms. The number of carboxylic acid groups (broad SMARTS) is 1. The van der Waals surface area contributed by atoms with Crippen molar-refractivity contribution in [1.29, 1.82) is 0 Å². The Hall–Kier alpha value is -2.06. The Bertz CT molecular complexity index is 649. The highest BCUT2D eigenvalue weighted by molar-refractivity contribution is 8.33. The maximum Gasteiger partial charge on any atom is 0.242 e. The number of carbonyl (C=O) groups excluding carboxylic acids is 2. The highest BCUT2D eigenvalue weighted by Gasteiger charge is 2.31. The van der Waals surface area contributed by atoms with Crippen LogP contribution in [0.2, 0.25) is 0 Å². The summed E-state index contributed by atoms with van der Waals surface area (Å²) in [6, 6.07) is 5.09. The lowest BCUT2D eigenvalue weighted by Gasteiger charge is -2.18. The Morgan fingerprint density at radius 2 is 1.91 bits per heavy atom. The molecule has 1 heterocycles. The van der Waals surface area contributed by atoms with Gasteiger partial charge in [-0.3, -0.25) is 4.79 Å². The molecule has 0 N–H and O–H groups in total. The number of benzene rings is 1. The molecule has 0 atom stereocenters. The lowest BCUT2D eigenvalue weighted by molar-refractivity contribution is -0.305. The number of hydrogen-bond acceptors (Lipinski definition) is 7. The smallest absolute Gasteiger partial charge is 0.242 e. The topological polar surface area (TPSA) is 78.9 Å². The minimum atomic E-state index is -1.31. The molecule has 6 nitrogen and oxygen atoms in total. The van der Waals surface area contributed by atoms with E-state index in [0.717, 1.165) is 11.8 Å². The van der Waals surface area contributed by atoms with Crippen molar-refractivity contribution in [3.05, 3.63) is 29.5 Å². The van der Waals surface area contributed by atoms with Crippen LogP contribution in [-0.4, -0.2) is 41.1 Å². The summed E-state index contributed by atoms with van der Waals surface area (Å²) in [6.45, 7) is -0.468. The van der Waals surface area contributed by atoms with E-state index in [9.17, 15) is 14.7 Å². The van der Waals surface area contributed by atoms with Gasteiger partial charge >= 0.3 is 0 Å². The molecule has 8 heteroatoms. The van der Waals surface area contributed by atoms with Crippen molar-refractivity contribution >= 4 is 45.5 Å². The molecule has 0 aliphatic carbocycles. The fraction of sp³-hybridized carbons (Fsp3) is 0.214. The van der Waals surface area contributed by atoms with Gasteiger partial charge in [0.05, 0.1) is 32.4 Å². The summed E-state index contributed by atoms with van der Waals surface area (Å²) >= 11 is 5.83. The summed E-state index contributed by atoms with van der Waals surface area (Å²) in [6.07, 6.45) is 1.54. The van der Waals surface area contributed by atoms with Crippen molar-refractivity contribution < 1.29 is 24.2 Å². The zero-order chi connectivity index (χ0) is 16.3. The first-order chi connectivity index (χ1) is 10.4. The molecule has 0 aromatic heterocycles. The fourth-order valence-electron chi connectivity index (χ4n) is 1.88. The van der Waals surface area contributed by atoms with Crippen LogP contribution in [0.5, 0.6) is 11.5 Å². The van der Waals surface area contributed by atoms with E-state index >= 15 is 0 Å². The number of hydrogen-bond donors (Lipinski definition) is 0. The molecule has 1 aromatic rings. The maximum atomic E-state index is 12.0. The Labute approximate surface area is 136 Å². The molecule has 1 aromatic carbocycles. The maximum absolute atomic E-state index is 12.0. The lowest BCUT2D eigenvalue weighted by atomic mass is 10.1. The summed E-state index contributed by atoms with van der Waals surface area (Å²) in [7, 11) is 3.03. The Balaban J connectivity index is 2.43. The largest absolute Gasteiger partial charge is 0.548 e. The van der Waals surface area contributed by atoms with Gasteiger partial charge in [-0.25, -0.2) is 0 Å². The van der Waals surface area contributed by atoms with E-state index in [2.05, 4.69) is 0 Å². The second-order valence-electron chi connectivity index (χ2n) is 4.29. The van der Waals surface area contributed by atoms with Gasteiger partial charge in [-0.1, -0.05) is 12.2 Å². The summed E-state index contributed by atoms with van der Waals surface area (Å²) in [4.78, 5) is 24.0. The predicted octanol–water partition coefficient (Wildman–Crippen LogP) is 0.655. The van der Waals surface area contributed by atoms with Gasteiger partial charge in [0.1, 0.15) is 15.8 Å². The molecule has 0 saturated carbocycles. The molecule has 0 amide bonds. The van der Waals surface area contributed by atoms with Gasteiger partial charge in [-0.05, 0) is 35.5 Å². The zero-order valence-electron chi connectivity index (χ0n) is 11.8. The first kappa shape index (κ1) is 16.3. The number of ether oxygens (including phenoxy) is 2. The van der Waals surface area contributed by atoms with E-state index in [-0.39, 0.29) is 15.1 Å². The standard InChI is InChI=1S/C14H13NO5S2/c1-19-9-3-8(4-10(6-9)20-2)5-11-13(18)22-14(21)15(11)7-12(16)17/h3-6H,7H2,1-2H3,(H,16,17)/p-1/b11-5-. The minimum Gasteiger partial charge on any atom is -0.548 e. The van der Waals surface area contributed by atoms with Crippen LogP contribution in [0.1, 0.15) is 5.56 Å². The molecule has 0 bridgehead atoms. The monoisotopic (exact) mass is 338 g/mol. The van der Waals surface area contributed by atoms with E-state index in [1.807, 2.05) is 0 Å². The quantitative estimate of drug-likeness (QED) is 0.572. The van der Waals surface area contributed by atoms with Crippen LogP contribution >= 0.6 is 24.0 Å². The number of carboxylic acids is 1. The number of aliphatic carboxylic acids is 1. The SMILES string of the molecule is COc1cc(/C=C2/C(=O)SC(=S)N2CC(=O)[O-])cc(OC)c1. The van der Waals surface area contributed by atoms with E-state index in [4.69, 9.17) is 21.7 Å². The minimum absolute atomic E-state index is 0.189. The number of nitrogens with zero attached hydrogens (tertiary/aromatic N) is 1. The number of thiocarbonyl (C=S) groups is 1. The Morgan fingerprint density at radius 1 is 1.32 bits per heavy atom. The number of rotatable bonds is 5. The molecule has 116 valence electrons. The third-order valence-corrected chi connectivity index (χ3v) is 4.12. The summed E-state index contributed by atoms with van der Waals surface area (Å²) in [5.41, 5.74) is 0.822. The van der Waals surface area contributed by atoms with Crippen molar-refractivity contribution in [2.45, 2.75) is 0 Å². The first-order valence-corrected chi connectivity index (χ1v) is 7.35. The van der Waals surface area contributed by atoms with Crippen molar-refractivity contribution in [3.63, 3.8) is 0 Å². The lowest BCUT2D eigenvalue weighted by Crippen LogP contribution is -2.37. The summed E-state index contributed by atoms with van der Waals surface area (Å²) in [5.74, 6) is -0.205. The van der Waals surface area contributed by atoms with Gasteiger partial charge in [0.25, 0.3) is 0 Å². The van der Waals surface area contributed by atoms with Crippen LogP contribution in [0.15, 0.2) is 23.9 Å². The predicted molar refractivity (Wildman–Crippen MR) is 84.4 cm³/mol. The molecular weight excluding hydrogens is 326 g/mol. The van der Waals surface area contributed by atoms with E-state index < -0.39 is 12.5 Å². The third kappa shape index (κ3) is 3.58. The van der Waals surface area contributed by atoms with Gasteiger partial charge in [0.2, 0.25) is 5.12 Å². The van der Waals surface area contributed by atoms with E-state index in [0.29, 0.717) is 17.1 Å². The fourth-order valence-corrected chi connectivity index (χ4v) is 2.98. The van der Waals surface area contributed by atoms with Gasteiger partial charge in [-0.15, -0.1) is 0 Å². The van der Waals surface area contributed by atoms with Gasteiger partial charge in [0, 0.05) is 6.07 Å². The van der Waals surface area contributed by atoms with Gasteiger partial charge in [-0.2, -0.15) is 0 Å². The zero-order valence-corrected chi connectivity index (χ0v) is 13.5. The highest BCUT2D eigenvalue weighted by atomic mass is 32.2. The molecule has 1 saturated heterocycles. The van der Waals surface area contributed by atoms with Crippen molar-refractivity contribution in [2.24, 2.45) is 0 Å². The summed E-state index contributed by atoms with van der Waals surface area (Å²) in [5, 5.41) is 10.5. The van der Waals surface area contributed by atoms with Crippen LogP contribution in [0.25, 0.3) is 6.08 Å². The summed E-state index contributed by atoms with van der Waals surface area (Å²) < 4.78 is 10.5. The number of thioether (sulfide) groups is 1. The Morgan fingerprint density at radius 3 is 2.41 bits per heavy atom. The van der Waals surface area contributed by atoms with Gasteiger partial charge in [0.15, 0.2) is 0 Å². The van der Waals surface area contributed by atoms with Crippen LogP contribution in [0.4, 0.5) is 0 Å². The van der Waals surface area contributed by atoms with E-state index in [1.165, 1.54) is 19.1 Å². The number of carbonyl (C=O) groups is 2. The van der Waals surface area contributed by atoms with Crippen molar-refractivity contribution in [1.82, 2.24) is 4.90 Å². The normalized spacial score (nSPS) is 16.3. The van der Waals surface area contributed by atoms with Crippen LogP contribution < -0.4 is 14.6 Å². The van der Waals surface area contributed by atoms with Crippen LogP contribution in [0.3, 0.4) is 0 Å². The molecule has 2 rings (SSSR count). The Kier molecular flexibility index (Phi) is 5.04. The average molecular weight is 338 g/mol. The third-order valence-electron chi connectivity index (χ3n) is 2.86. The second kappa shape index (κ2) is 6.80. The highest BCUT2D eigenvalue weighted by Crippen LogP contribution is 2.32. The molecule has 0 unspecified atom stereocenters. The molecule has 22 heavy (non-hydrogen) atoms. The molecule has 0 radical (unpaired) electrons. The molecule has 1 aliphatic rings. The van der Waals surface area contributed by atoms with Crippen molar-refractivity contribution in [3.8, 4) is 11.5 Å². The van der Waals surface area contributed by atoms with E-state index in [1.54, 1.807) is 24.3 Å². The van der Waals surface area contributed by atoms with Crippen molar-refractivity contribution in [2.75, 3.05) is 20.8 Å². The van der Waals surface area contributed by atoms with Crippen LogP contribution in [0, 0.1) is 0 Å².